The first kappa shape index (κ1) is 16.7. The number of esters is 1. The monoisotopic (exact) mass is 326 g/mol. The Kier molecular flexibility index (Phi) is 5.76. The molecule has 1 saturated heterocycles. The summed E-state index contributed by atoms with van der Waals surface area (Å²) in [6.07, 6.45) is 1.87. The van der Waals surface area contributed by atoms with Gasteiger partial charge in [-0.1, -0.05) is 11.3 Å². The third kappa shape index (κ3) is 3.97. The first-order valence-electron chi connectivity index (χ1n) is 7.62. The van der Waals surface area contributed by atoms with E-state index in [0.29, 0.717) is 26.2 Å². The summed E-state index contributed by atoms with van der Waals surface area (Å²) in [5, 5.41) is 1.80. The molecule has 1 aromatic rings. The van der Waals surface area contributed by atoms with Crippen LogP contribution in [0, 0.1) is 12.8 Å². The normalized spacial score (nSPS) is 18.3. The predicted octanol–water partition coefficient (Wildman–Crippen LogP) is 1.41. The van der Waals surface area contributed by atoms with Crippen LogP contribution < -0.4 is 4.87 Å². The molecule has 7 heteroatoms. The molecule has 1 fully saturated rings. The molecular formula is C15H22N2O4S. The third-order valence-corrected chi connectivity index (χ3v) is 4.80. The molecule has 1 aliphatic rings. The number of likely N-dealkylation sites (tertiary alicyclic amines) is 1. The smallest absolute Gasteiger partial charge is 0.310 e. The number of aryl methyl sites for hydroxylation is 1. The molecule has 6 nitrogen and oxygen atoms in total. The molecule has 0 radical (unpaired) electrons. The van der Waals surface area contributed by atoms with Crippen molar-refractivity contribution < 1.29 is 14.3 Å². The van der Waals surface area contributed by atoms with Crippen LogP contribution in [0.4, 0.5) is 0 Å². The topological polar surface area (TPSA) is 68.6 Å². The molecule has 2 rings (SSSR count). The van der Waals surface area contributed by atoms with Gasteiger partial charge < -0.3 is 14.2 Å². The maximum atomic E-state index is 12.3. The highest BCUT2D eigenvalue weighted by Crippen LogP contribution is 2.18. The molecule has 0 saturated carbocycles. The van der Waals surface area contributed by atoms with Crippen molar-refractivity contribution in [2.24, 2.45) is 5.92 Å². The fourth-order valence-electron chi connectivity index (χ4n) is 2.70. The Morgan fingerprint density at radius 3 is 2.86 bits per heavy atom. The molecule has 0 N–H and O–H groups in total. The van der Waals surface area contributed by atoms with Gasteiger partial charge in [0.05, 0.1) is 12.5 Å². The first-order chi connectivity index (χ1) is 10.5. The molecule has 0 bridgehead atoms. The number of hydrogen-bond donors (Lipinski definition) is 0. The van der Waals surface area contributed by atoms with Gasteiger partial charge in [-0.25, -0.2) is 0 Å². The summed E-state index contributed by atoms with van der Waals surface area (Å²) in [5.74, 6) is -0.445. The molecule has 1 aliphatic heterocycles. The van der Waals surface area contributed by atoms with Gasteiger partial charge in [-0.2, -0.15) is 0 Å². The van der Waals surface area contributed by atoms with E-state index in [2.05, 4.69) is 0 Å². The van der Waals surface area contributed by atoms with E-state index in [-0.39, 0.29) is 29.1 Å². The lowest BCUT2D eigenvalue weighted by Gasteiger charge is -2.31. The van der Waals surface area contributed by atoms with E-state index in [9.17, 15) is 14.4 Å². The lowest BCUT2D eigenvalue weighted by molar-refractivity contribution is -0.151. The molecule has 22 heavy (non-hydrogen) atoms. The highest BCUT2D eigenvalue weighted by molar-refractivity contribution is 7.07. The second-order valence-corrected chi connectivity index (χ2v) is 6.30. The van der Waals surface area contributed by atoms with Crippen molar-refractivity contribution in [1.29, 1.82) is 0 Å². The summed E-state index contributed by atoms with van der Waals surface area (Å²) in [4.78, 5) is 37.4. The number of ether oxygens (including phenoxy) is 1. The van der Waals surface area contributed by atoms with E-state index in [1.54, 1.807) is 21.8 Å². The quantitative estimate of drug-likeness (QED) is 0.767. The highest BCUT2D eigenvalue weighted by Gasteiger charge is 2.29. The zero-order valence-corrected chi connectivity index (χ0v) is 13.9. The molecule has 0 aliphatic carbocycles. The van der Waals surface area contributed by atoms with Crippen molar-refractivity contribution in [1.82, 2.24) is 9.47 Å². The van der Waals surface area contributed by atoms with E-state index in [4.69, 9.17) is 4.74 Å². The minimum atomic E-state index is -0.219. The predicted molar refractivity (Wildman–Crippen MR) is 83.9 cm³/mol. The Morgan fingerprint density at radius 1 is 1.45 bits per heavy atom. The zero-order chi connectivity index (χ0) is 16.1. The Hall–Kier alpha value is -1.63. The van der Waals surface area contributed by atoms with Gasteiger partial charge in [0.15, 0.2) is 0 Å². The summed E-state index contributed by atoms with van der Waals surface area (Å²) in [7, 11) is 0. The SMILES string of the molecule is CCOC(=O)C1CCCN(C(=O)CCn2c(C)csc2=O)C1. The fraction of sp³-hybridized carbons (Fsp3) is 0.667. The van der Waals surface area contributed by atoms with Crippen LogP contribution in [-0.2, 0) is 20.9 Å². The standard InChI is InChI=1S/C15H22N2O4S/c1-3-21-14(19)12-5-4-7-16(9-12)13(18)6-8-17-11(2)10-22-15(17)20/h10,12H,3-9H2,1-2H3. The van der Waals surface area contributed by atoms with Crippen LogP contribution in [0.15, 0.2) is 10.2 Å². The zero-order valence-electron chi connectivity index (χ0n) is 13.0. The molecule has 122 valence electrons. The van der Waals surface area contributed by atoms with Gasteiger partial charge in [-0.15, -0.1) is 0 Å². The molecule has 1 atom stereocenters. The van der Waals surface area contributed by atoms with E-state index in [1.807, 2.05) is 6.92 Å². The number of thiazole rings is 1. The van der Waals surface area contributed by atoms with Crippen LogP contribution in [0.1, 0.15) is 31.9 Å². The van der Waals surface area contributed by atoms with Crippen LogP contribution in [-0.4, -0.2) is 41.0 Å². The van der Waals surface area contributed by atoms with Gasteiger partial charge in [0.2, 0.25) is 5.91 Å². The summed E-state index contributed by atoms with van der Waals surface area (Å²) < 4.78 is 6.66. The van der Waals surface area contributed by atoms with E-state index in [0.717, 1.165) is 29.9 Å². The van der Waals surface area contributed by atoms with E-state index < -0.39 is 0 Å². The lowest BCUT2D eigenvalue weighted by Crippen LogP contribution is -2.43. The van der Waals surface area contributed by atoms with Crippen LogP contribution >= 0.6 is 11.3 Å². The van der Waals surface area contributed by atoms with Crippen molar-refractivity contribution >= 4 is 23.2 Å². The van der Waals surface area contributed by atoms with E-state index >= 15 is 0 Å². The molecule has 0 spiro atoms. The van der Waals surface area contributed by atoms with Crippen molar-refractivity contribution in [2.75, 3.05) is 19.7 Å². The van der Waals surface area contributed by atoms with Crippen LogP contribution in [0.2, 0.25) is 0 Å². The third-order valence-electron chi connectivity index (χ3n) is 3.92. The van der Waals surface area contributed by atoms with Gasteiger partial charge in [-0.05, 0) is 26.7 Å². The number of hydrogen-bond acceptors (Lipinski definition) is 5. The average Bonchev–Trinajstić information content (AvgIpc) is 2.84. The van der Waals surface area contributed by atoms with Crippen molar-refractivity contribution in [2.45, 2.75) is 39.7 Å². The van der Waals surface area contributed by atoms with Crippen LogP contribution in [0.3, 0.4) is 0 Å². The first-order valence-corrected chi connectivity index (χ1v) is 8.50. The minimum absolute atomic E-state index is 0.00787. The van der Waals surface area contributed by atoms with Gasteiger partial charge in [0, 0.05) is 37.1 Å². The molecule has 1 aromatic heterocycles. The number of carbonyl (C=O) groups excluding carboxylic acids is 2. The molecular weight excluding hydrogens is 304 g/mol. The minimum Gasteiger partial charge on any atom is -0.466 e. The lowest BCUT2D eigenvalue weighted by atomic mass is 9.98. The number of carbonyl (C=O) groups is 2. The average molecular weight is 326 g/mol. The van der Waals surface area contributed by atoms with E-state index in [1.165, 1.54) is 0 Å². The van der Waals surface area contributed by atoms with Crippen molar-refractivity contribution in [3.63, 3.8) is 0 Å². The second kappa shape index (κ2) is 7.58. The number of amides is 1. The Labute approximate surface area is 133 Å². The Balaban J connectivity index is 1.89. The van der Waals surface area contributed by atoms with Gasteiger partial charge in [0.1, 0.15) is 0 Å². The molecule has 2 heterocycles. The highest BCUT2D eigenvalue weighted by atomic mass is 32.1. The van der Waals surface area contributed by atoms with Gasteiger partial charge >= 0.3 is 10.8 Å². The fourth-order valence-corrected chi connectivity index (χ4v) is 3.46. The van der Waals surface area contributed by atoms with Crippen LogP contribution in [0.5, 0.6) is 0 Å². The van der Waals surface area contributed by atoms with Crippen molar-refractivity contribution in [3.8, 4) is 0 Å². The molecule has 0 aromatic carbocycles. The maximum absolute atomic E-state index is 12.3. The summed E-state index contributed by atoms with van der Waals surface area (Å²) in [5.41, 5.74) is 0.880. The number of aromatic nitrogens is 1. The molecule has 1 unspecified atom stereocenters. The number of rotatable bonds is 5. The Morgan fingerprint density at radius 2 is 2.23 bits per heavy atom. The van der Waals surface area contributed by atoms with Crippen LogP contribution in [0.25, 0.3) is 0 Å². The Bertz CT molecular complexity index is 593. The number of nitrogens with zero attached hydrogens (tertiary/aromatic N) is 2. The van der Waals surface area contributed by atoms with Gasteiger partial charge in [-0.3, -0.25) is 14.4 Å². The van der Waals surface area contributed by atoms with Crippen molar-refractivity contribution in [3.05, 3.63) is 20.7 Å². The molecule has 1 amide bonds. The summed E-state index contributed by atoms with van der Waals surface area (Å²) in [6.45, 7) is 5.50. The summed E-state index contributed by atoms with van der Waals surface area (Å²) in [6, 6.07) is 0. The number of piperidine rings is 1. The largest absolute Gasteiger partial charge is 0.466 e. The second-order valence-electron chi connectivity index (χ2n) is 5.48. The summed E-state index contributed by atoms with van der Waals surface area (Å²) >= 11 is 1.15. The maximum Gasteiger partial charge on any atom is 0.310 e. The van der Waals surface area contributed by atoms with Gasteiger partial charge in [0.25, 0.3) is 0 Å².